The first-order chi connectivity index (χ1) is 2.81. The third-order valence-electron chi connectivity index (χ3n) is 0.476. The van der Waals surface area contributed by atoms with E-state index >= 15 is 0 Å². The highest BCUT2D eigenvalue weighted by Gasteiger charge is 1.92. The zero-order valence-electron chi connectivity index (χ0n) is 3.65. The van der Waals surface area contributed by atoms with Crippen LogP contribution in [0.2, 0.25) is 0 Å². The molecule has 0 fully saturated rings. The van der Waals surface area contributed by atoms with Crippen LogP contribution in [0, 0.1) is 5.92 Å². The lowest BCUT2D eigenvalue weighted by molar-refractivity contribution is -0.111. The summed E-state index contributed by atoms with van der Waals surface area (Å²) in [6.07, 6.45) is 0.597. The lowest BCUT2D eigenvalue weighted by Gasteiger charge is -1.86. The molecule has 2 heteroatoms. The summed E-state index contributed by atoms with van der Waals surface area (Å²) < 4.78 is 11.2. The van der Waals surface area contributed by atoms with Crippen molar-refractivity contribution in [2.75, 3.05) is 6.67 Å². The molecule has 0 aliphatic rings. The van der Waals surface area contributed by atoms with E-state index in [4.69, 9.17) is 0 Å². The van der Waals surface area contributed by atoms with Crippen LogP contribution in [-0.4, -0.2) is 13.0 Å². The predicted molar refractivity (Wildman–Crippen MR) is 21.2 cm³/mol. The quantitative estimate of drug-likeness (QED) is 0.458. The van der Waals surface area contributed by atoms with Gasteiger partial charge < -0.3 is 4.79 Å². The Labute approximate surface area is 36.2 Å². The van der Waals surface area contributed by atoms with Crippen LogP contribution in [0.15, 0.2) is 0 Å². The third kappa shape index (κ3) is 1.88. The molecule has 0 radical (unpaired) electrons. The van der Waals surface area contributed by atoms with Crippen LogP contribution in [0.25, 0.3) is 0 Å². The largest absolute Gasteiger partial charge is 0.303 e. The minimum Gasteiger partial charge on any atom is -0.303 e. The molecule has 0 aliphatic carbocycles. The van der Waals surface area contributed by atoms with Crippen molar-refractivity contribution in [1.82, 2.24) is 0 Å². The second kappa shape index (κ2) is 2.82. The average molecular weight is 90.1 g/mol. The minimum absolute atomic E-state index is 0.412. The SMILES string of the molecule is CC(C=O)CF. The molecule has 1 unspecified atom stereocenters. The van der Waals surface area contributed by atoms with Gasteiger partial charge in [0.15, 0.2) is 0 Å². The second-order valence-corrected chi connectivity index (χ2v) is 1.27. The molecule has 0 aliphatic heterocycles. The summed E-state index contributed by atoms with van der Waals surface area (Å²) in [5, 5.41) is 0. The third-order valence-corrected chi connectivity index (χ3v) is 0.476. The highest BCUT2D eigenvalue weighted by atomic mass is 19.1. The van der Waals surface area contributed by atoms with Crippen LogP contribution in [0.5, 0.6) is 0 Å². The van der Waals surface area contributed by atoms with Crippen molar-refractivity contribution in [3.05, 3.63) is 0 Å². The highest BCUT2D eigenvalue weighted by Crippen LogP contribution is 1.86. The summed E-state index contributed by atoms with van der Waals surface area (Å²) in [7, 11) is 0. The molecule has 0 spiro atoms. The summed E-state index contributed by atoms with van der Waals surface area (Å²) in [5.74, 6) is -0.412. The molecule has 0 amide bonds. The molecule has 0 aromatic rings. The van der Waals surface area contributed by atoms with Crippen LogP contribution in [-0.2, 0) is 4.79 Å². The van der Waals surface area contributed by atoms with Gasteiger partial charge in [-0.1, -0.05) is 6.92 Å². The van der Waals surface area contributed by atoms with Crippen LogP contribution in [0.4, 0.5) is 4.39 Å². The Balaban J connectivity index is 2.96. The van der Waals surface area contributed by atoms with Gasteiger partial charge in [-0.3, -0.25) is 4.39 Å². The molecule has 0 saturated heterocycles. The number of hydrogen-bond acceptors (Lipinski definition) is 1. The normalized spacial score (nSPS) is 13.7. The van der Waals surface area contributed by atoms with Gasteiger partial charge in [0.2, 0.25) is 0 Å². The van der Waals surface area contributed by atoms with E-state index in [1.54, 1.807) is 0 Å². The van der Waals surface area contributed by atoms with Crippen LogP contribution in [0.3, 0.4) is 0 Å². The van der Waals surface area contributed by atoms with Gasteiger partial charge in [0.1, 0.15) is 6.29 Å². The first-order valence-corrected chi connectivity index (χ1v) is 1.82. The molecule has 6 heavy (non-hydrogen) atoms. The molecule has 0 bridgehead atoms. The van der Waals surface area contributed by atoms with Crippen LogP contribution in [0.1, 0.15) is 6.92 Å². The number of alkyl halides is 1. The Hall–Kier alpha value is -0.400. The van der Waals surface area contributed by atoms with E-state index in [2.05, 4.69) is 0 Å². The molecule has 36 valence electrons. The number of rotatable bonds is 2. The molecule has 0 aromatic heterocycles. The van der Waals surface area contributed by atoms with Gasteiger partial charge in [0.05, 0.1) is 6.67 Å². The zero-order valence-corrected chi connectivity index (χ0v) is 3.65. The molecule has 1 atom stereocenters. The lowest BCUT2D eigenvalue weighted by Crippen LogP contribution is -1.95. The van der Waals surface area contributed by atoms with Gasteiger partial charge in [0.25, 0.3) is 0 Å². The Morgan fingerprint density at radius 3 is 2.50 bits per heavy atom. The molecular formula is C4H7FO. The number of halogens is 1. The monoisotopic (exact) mass is 90.0 g/mol. The van der Waals surface area contributed by atoms with Gasteiger partial charge in [-0.05, 0) is 0 Å². The predicted octanol–water partition coefficient (Wildman–Crippen LogP) is 0.791. The molecule has 0 saturated carbocycles. The maximum atomic E-state index is 11.2. The summed E-state index contributed by atoms with van der Waals surface area (Å²) in [4.78, 5) is 9.50. The maximum absolute atomic E-state index is 11.2. The molecule has 0 heterocycles. The fourth-order valence-electron chi connectivity index (χ4n) is 0.0364. The Kier molecular flexibility index (Phi) is 2.63. The lowest BCUT2D eigenvalue weighted by atomic mass is 10.2. The highest BCUT2D eigenvalue weighted by molar-refractivity contribution is 5.52. The van der Waals surface area contributed by atoms with Crippen molar-refractivity contribution in [3.8, 4) is 0 Å². The first kappa shape index (κ1) is 5.60. The molecule has 0 N–H and O–H groups in total. The molecule has 0 rings (SSSR count). The van der Waals surface area contributed by atoms with Crippen molar-refractivity contribution >= 4 is 6.29 Å². The Morgan fingerprint density at radius 1 is 2.00 bits per heavy atom. The summed E-state index contributed by atoms with van der Waals surface area (Å²) in [6.45, 7) is 0.997. The van der Waals surface area contributed by atoms with Crippen LogP contribution >= 0.6 is 0 Å². The summed E-state index contributed by atoms with van der Waals surface area (Å²) in [6, 6.07) is 0. The average Bonchev–Trinajstić information content (AvgIpc) is 1.65. The smallest absolute Gasteiger partial charge is 0.125 e. The molecule has 1 nitrogen and oxygen atoms in total. The minimum atomic E-state index is -0.538. The van der Waals surface area contributed by atoms with E-state index in [0.29, 0.717) is 6.29 Å². The van der Waals surface area contributed by atoms with E-state index in [-0.39, 0.29) is 0 Å². The van der Waals surface area contributed by atoms with Gasteiger partial charge in [-0.2, -0.15) is 0 Å². The van der Waals surface area contributed by atoms with Gasteiger partial charge >= 0.3 is 0 Å². The van der Waals surface area contributed by atoms with Crippen molar-refractivity contribution < 1.29 is 9.18 Å². The van der Waals surface area contributed by atoms with E-state index in [1.165, 1.54) is 6.92 Å². The van der Waals surface area contributed by atoms with Crippen molar-refractivity contribution in [2.45, 2.75) is 6.92 Å². The van der Waals surface area contributed by atoms with E-state index in [1.807, 2.05) is 0 Å². The standard InChI is InChI=1S/C4H7FO/c1-4(2-5)3-6/h3-4H,2H2,1H3. The zero-order chi connectivity index (χ0) is 4.99. The number of aldehydes is 1. The summed E-state index contributed by atoms with van der Waals surface area (Å²) in [5.41, 5.74) is 0. The van der Waals surface area contributed by atoms with Gasteiger partial charge in [0, 0.05) is 5.92 Å². The van der Waals surface area contributed by atoms with E-state index in [0.717, 1.165) is 0 Å². The van der Waals surface area contributed by atoms with Crippen LogP contribution < -0.4 is 0 Å². The van der Waals surface area contributed by atoms with Crippen molar-refractivity contribution in [1.29, 1.82) is 0 Å². The van der Waals surface area contributed by atoms with Gasteiger partial charge in [-0.15, -0.1) is 0 Å². The van der Waals surface area contributed by atoms with E-state index < -0.39 is 12.6 Å². The fraction of sp³-hybridized carbons (Fsp3) is 0.750. The number of hydrogen-bond donors (Lipinski definition) is 0. The van der Waals surface area contributed by atoms with E-state index in [9.17, 15) is 9.18 Å². The Morgan fingerprint density at radius 2 is 2.50 bits per heavy atom. The number of carbonyl (C=O) groups excluding carboxylic acids is 1. The first-order valence-electron chi connectivity index (χ1n) is 1.82. The topological polar surface area (TPSA) is 17.1 Å². The fourth-order valence-corrected chi connectivity index (χ4v) is 0.0364. The maximum Gasteiger partial charge on any atom is 0.125 e. The van der Waals surface area contributed by atoms with Gasteiger partial charge in [-0.25, -0.2) is 0 Å². The van der Waals surface area contributed by atoms with Crippen molar-refractivity contribution in [3.63, 3.8) is 0 Å². The Bertz CT molecular complexity index is 44.8. The number of carbonyl (C=O) groups is 1. The molecular weight excluding hydrogens is 83.0 g/mol. The summed E-state index contributed by atoms with van der Waals surface area (Å²) >= 11 is 0. The molecule has 0 aromatic carbocycles. The van der Waals surface area contributed by atoms with Crippen molar-refractivity contribution in [2.24, 2.45) is 5.92 Å². The second-order valence-electron chi connectivity index (χ2n) is 1.27.